The van der Waals surface area contributed by atoms with E-state index in [4.69, 9.17) is 0 Å². The lowest BCUT2D eigenvalue weighted by Gasteiger charge is -2.15. The van der Waals surface area contributed by atoms with Gasteiger partial charge >= 0.3 is 0 Å². The fraction of sp³-hybridized carbons (Fsp3) is 0.667. The van der Waals surface area contributed by atoms with E-state index < -0.39 is 0 Å². The quantitative estimate of drug-likeness (QED) is 0.842. The molecule has 1 aliphatic heterocycles. The van der Waals surface area contributed by atoms with Gasteiger partial charge < -0.3 is 10.6 Å². The molecule has 4 nitrogen and oxygen atoms in total. The first-order chi connectivity index (χ1) is 8.16. The summed E-state index contributed by atoms with van der Waals surface area (Å²) in [4.78, 5) is 17.1. The Bertz CT molecular complexity index is 394. The summed E-state index contributed by atoms with van der Waals surface area (Å²) in [5, 5.41) is 7.40. The van der Waals surface area contributed by atoms with Gasteiger partial charge in [0, 0.05) is 12.6 Å². The Balaban J connectivity index is 1.98. The molecular formula is C12H19N3OS. The largest absolute Gasteiger partial charge is 0.347 e. The van der Waals surface area contributed by atoms with Crippen molar-refractivity contribution in [3.05, 3.63) is 15.6 Å². The first-order valence-corrected chi connectivity index (χ1v) is 6.94. The maximum Gasteiger partial charge on any atom is 0.263 e. The molecule has 0 bridgehead atoms. The Kier molecular flexibility index (Phi) is 4.12. The molecule has 1 aromatic rings. The van der Waals surface area contributed by atoms with Gasteiger partial charge in [0.2, 0.25) is 0 Å². The monoisotopic (exact) mass is 253 g/mol. The Labute approximate surface area is 106 Å². The molecule has 1 aromatic heterocycles. The Morgan fingerprint density at radius 1 is 1.47 bits per heavy atom. The van der Waals surface area contributed by atoms with Crippen LogP contribution in [0.1, 0.15) is 39.6 Å². The zero-order valence-electron chi connectivity index (χ0n) is 10.4. The van der Waals surface area contributed by atoms with Crippen LogP contribution >= 0.6 is 11.3 Å². The van der Waals surface area contributed by atoms with Gasteiger partial charge in [0.1, 0.15) is 4.88 Å². The highest BCUT2D eigenvalue weighted by Gasteiger charge is 2.18. The van der Waals surface area contributed by atoms with E-state index in [-0.39, 0.29) is 11.9 Å². The molecule has 2 rings (SSSR count). The molecule has 0 aliphatic carbocycles. The molecule has 0 aromatic carbocycles. The molecule has 94 valence electrons. The molecule has 5 heteroatoms. The SMILES string of the molecule is Cc1nc(C)c(C(=O)NC2CCCCNC2)s1. The summed E-state index contributed by atoms with van der Waals surface area (Å²) >= 11 is 1.47. The first-order valence-electron chi connectivity index (χ1n) is 6.12. The predicted octanol–water partition coefficient (Wildman–Crippen LogP) is 1.63. The third kappa shape index (κ3) is 3.26. The number of carbonyl (C=O) groups excluding carboxylic acids is 1. The number of rotatable bonds is 2. The van der Waals surface area contributed by atoms with Crippen molar-refractivity contribution in [2.75, 3.05) is 13.1 Å². The van der Waals surface area contributed by atoms with Crippen LogP contribution in [-0.2, 0) is 0 Å². The van der Waals surface area contributed by atoms with Crippen LogP contribution in [0, 0.1) is 13.8 Å². The maximum atomic E-state index is 12.1. The minimum Gasteiger partial charge on any atom is -0.347 e. The van der Waals surface area contributed by atoms with Crippen molar-refractivity contribution < 1.29 is 4.79 Å². The number of aromatic nitrogens is 1. The van der Waals surface area contributed by atoms with Crippen molar-refractivity contribution in [2.45, 2.75) is 39.2 Å². The van der Waals surface area contributed by atoms with E-state index in [1.807, 2.05) is 13.8 Å². The zero-order chi connectivity index (χ0) is 12.3. The highest BCUT2D eigenvalue weighted by molar-refractivity contribution is 7.13. The number of thiazole rings is 1. The van der Waals surface area contributed by atoms with Crippen molar-refractivity contribution >= 4 is 17.2 Å². The van der Waals surface area contributed by atoms with Crippen molar-refractivity contribution in [1.82, 2.24) is 15.6 Å². The third-order valence-corrected chi connectivity index (χ3v) is 4.06. The van der Waals surface area contributed by atoms with Crippen LogP contribution in [0.5, 0.6) is 0 Å². The van der Waals surface area contributed by atoms with E-state index in [0.29, 0.717) is 0 Å². The third-order valence-electron chi connectivity index (χ3n) is 2.99. The molecule has 0 spiro atoms. The number of hydrogen-bond acceptors (Lipinski definition) is 4. The summed E-state index contributed by atoms with van der Waals surface area (Å²) in [6, 6.07) is 0.256. The highest BCUT2D eigenvalue weighted by atomic mass is 32.1. The first kappa shape index (κ1) is 12.5. The van der Waals surface area contributed by atoms with Gasteiger partial charge in [0.15, 0.2) is 0 Å². The lowest BCUT2D eigenvalue weighted by atomic mass is 10.1. The van der Waals surface area contributed by atoms with E-state index in [1.54, 1.807) is 0 Å². The van der Waals surface area contributed by atoms with E-state index in [0.717, 1.165) is 35.1 Å². The van der Waals surface area contributed by atoms with Gasteiger partial charge in [-0.15, -0.1) is 11.3 Å². The summed E-state index contributed by atoms with van der Waals surface area (Å²) in [5.74, 6) is 0.0294. The average Bonchev–Trinajstić information content (AvgIpc) is 2.51. The molecule has 0 radical (unpaired) electrons. The second-order valence-electron chi connectivity index (χ2n) is 4.52. The summed E-state index contributed by atoms with van der Waals surface area (Å²) in [6.45, 7) is 5.76. The predicted molar refractivity (Wildman–Crippen MR) is 69.6 cm³/mol. The molecule has 2 heterocycles. The van der Waals surface area contributed by atoms with Crippen molar-refractivity contribution in [1.29, 1.82) is 0 Å². The number of amides is 1. The lowest BCUT2D eigenvalue weighted by molar-refractivity contribution is 0.0939. The number of aryl methyl sites for hydroxylation is 2. The lowest BCUT2D eigenvalue weighted by Crippen LogP contribution is -2.40. The molecule has 0 saturated carbocycles. The Hall–Kier alpha value is -0.940. The molecular weight excluding hydrogens is 234 g/mol. The second kappa shape index (κ2) is 5.60. The topological polar surface area (TPSA) is 54.0 Å². The molecule has 1 unspecified atom stereocenters. The molecule has 1 amide bonds. The average molecular weight is 253 g/mol. The minimum atomic E-state index is 0.0294. The number of carbonyl (C=O) groups is 1. The van der Waals surface area contributed by atoms with Crippen LogP contribution < -0.4 is 10.6 Å². The van der Waals surface area contributed by atoms with Crippen molar-refractivity contribution in [3.8, 4) is 0 Å². The van der Waals surface area contributed by atoms with Gasteiger partial charge in [-0.1, -0.05) is 6.42 Å². The maximum absolute atomic E-state index is 12.1. The van der Waals surface area contributed by atoms with E-state index in [1.165, 1.54) is 24.2 Å². The second-order valence-corrected chi connectivity index (χ2v) is 5.72. The van der Waals surface area contributed by atoms with Crippen molar-refractivity contribution in [3.63, 3.8) is 0 Å². The van der Waals surface area contributed by atoms with Crippen LogP contribution in [0.25, 0.3) is 0 Å². The van der Waals surface area contributed by atoms with Crippen molar-refractivity contribution in [2.24, 2.45) is 0 Å². The summed E-state index contributed by atoms with van der Waals surface area (Å²) < 4.78 is 0. The van der Waals surface area contributed by atoms with E-state index in [2.05, 4.69) is 15.6 Å². The number of nitrogens with one attached hydrogen (secondary N) is 2. The van der Waals surface area contributed by atoms with Gasteiger partial charge in [-0.3, -0.25) is 4.79 Å². The fourth-order valence-corrected chi connectivity index (χ4v) is 2.96. The Morgan fingerprint density at radius 3 is 3.00 bits per heavy atom. The molecule has 1 fully saturated rings. The van der Waals surface area contributed by atoms with Crippen LogP contribution in [0.3, 0.4) is 0 Å². The summed E-state index contributed by atoms with van der Waals surface area (Å²) in [7, 11) is 0. The van der Waals surface area contributed by atoms with Crippen LogP contribution in [0.2, 0.25) is 0 Å². The molecule has 17 heavy (non-hydrogen) atoms. The van der Waals surface area contributed by atoms with Crippen LogP contribution in [0.15, 0.2) is 0 Å². The molecule has 1 aliphatic rings. The van der Waals surface area contributed by atoms with Gasteiger partial charge in [-0.05, 0) is 33.2 Å². The summed E-state index contributed by atoms with van der Waals surface area (Å²) in [6.07, 6.45) is 3.44. The van der Waals surface area contributed by atoms with Crippen LogP contribution in [0.4, 0.5) is 0 Å². The molecule has 1 atom stereocenters. The molecule has 2 N–H and O–H groups in total. The summed E-state index contributed by atoms with van der Waals surface area (Å²) in [5.41, 5.74) is 0.839. The number of hydrogen-bond donors (Lipinski definition) is 2. The van der Waals surface area contributed by atoms with E-state index >= 15 is 0 Å². The fourth-order valence-electron chi connectivity index (χ4n) is 2.14. The van der Waals surface area contributed by atoms with Gasteiger partial charge in [-0.2, -0.15) is 0 Å². The van der Waals surface area contributed by atoms with Gasteiger partial charge in [0.05, 0.1) is 10.7 Å². The molecule has 1 saturated heterocycles. The number of nitrogens with zero attached hydrogens (tertiary/aromatic N) is 1. The van der Waals surface area contributed by atoms with Gasteiger partial charge in [0.25, 0.3) is 5.91 Å². The normalized spacial score (nSPS) is 20.9. The van der Waals surface area contributed by atoms with Gasteiger partial charge in [-0.25, -0.2) is 4.98 Å². The van der Waals surface area contributed by atoms with Crippen LogP contribution in [-0.4, -0.2) is 30.0 Å². The Morgan fingerprint density at radius 2 is 2.29 bits per heavy atom. The highest BCUT2D eigenvalue weighted by Crippen LogP contribution is 2.17. The zero-order valence-corrected chi connectivity index (χ0v) is 11.2. The van der Waals surface area contributed by atoms with E-state index in [9.17, 15) is 4.79 Å². The standard InChI is InChI=1S/C12H19N3OS/c1-8-11(17-9(2)14-8)12(16)15-10-5-3-4-6-13-7-10/h10,13H,3-7H2,1-2H3,(H,15,16). The smallest absolute Gasteiger partial charge is 0.263 e. The minimum absolute atomic E-state index is 0.0294.